The fourth-order valence-corrected chi connectivity index (χ4v) is 4.98. The van der Waals surface area contributed by atoms with Crippen LogP contribution in [0.1, 0.15) is 43.2 Å². The minimum atomic E-state index is -0.368. The van der Waals surface area contributed by atoms with Crippen molar-refractivity contribution in [3.8, 4) is 0 Å². The van der Waals surface area contributed by atoms with Crippen molar-refractivity contribution < 1.29 is 14.4 Å². The highest BCUT2D eigenvalue weighted by Crippen LogP contribution is 2.33. The molecule has 0 N–H and O–H groups in total. The molecule has 0 aliphatic carbocycles. The molecule has 1 aromatic carbocycles. The number of amides is 3. The van der Waals surface area contributed by atoms with Crippen molar-refractivity contribution in [1.82, 2.24) is 9.80 Å². The number of nitrogens with zero attached hydrogens (tertiary/aromatic N) is 3. The van der Waals surface area contributed by atoms with E-state index in [-0.39, 0.29) is 23.6 Å². The van der Waals surface area contributed by atoms with Crippen molar-refractivity contribution >= 4 is 40.6 Å². The van der Waals surface area contributed by atoms with Crippen molar-refractivity contribution in [3.63, 3.8) is 0 Å². The topological polar surface area (TPSA) is 60.9 Å². The average molecular weight is 414 g/mol. The lowest BCUT2D eigenvalue weighted by molar-refractivity contribution is -0.135. The molecule has 29 heavy (non-hydrogen) atoms. The first-order valence-electron chi connectivity index (χ1n) is 10.4. The maximum atomic E-state index is 12.7. The molecule has 3 heterocycles. The second-order valence-corrected chi connectivity index (χ2v) is 8.94. The van der Waals surface area contributed by atoms with Crippen LogP contribution in [0.3, 0.4) is 0 Å². The Labute approximate surface area is 175 Å². The summed E-state index contributed by atoms with van der Waals surface area (Å²) in [5.74, 6) is -0.514. The maximum absolute atomic E-state index is 12.7. The van der Waals surface area contributed by atoms with Crippen molar-refractivity contribution in [2.24, 2.45) is 0 Å². The van der Waals surface area contributed by atoms with E-state index in [2.05, 4.69) is 17.0 Å². The van der Waals surface area contributed by atoms with Crippen molar-refractivity contribution in [2.45, 2.75) is 39.0 Å². The molecule has 1 aromatic rings. The number of rotatable bonds is 4. The van der Waals surface area contributed by atoms with E-state index >= 15 is 0 Å². The Bertz CT molecular complexity index is 855. The summed E-state index contributed by atoms with van der Waals surface area (Å²) in [6, 6.07) is 6.26. The molecule has 0 unspecified atom stereocenters. The Morgan fingerprint density at radius 3 is 2.41 bits per heavy atom. The molecule has 3 fully saturated rings. The molecule has 3 saturated heterocycles. The zero-order valence-electron chi connectivity index (χ0n) is 16.9. The summed E-state index contributed by atoms with van der Waals surface area (Å²) in [5, 5.41) is -0.364. The van der Waals surface area contributed by atoms with Gasteiger partial charge in [-0.05, 0) is 80.1 Å². The molecule has 7 heteroatoms. The number of carbonyl (C=O) groups excluding carboxylic acids is 3. The van der Waals surface area contributed by atoms with Gasteiger partial charge in [0.15, 0.2) is 0 Å². The highest BCUT2D eigenvalue weighted by molar-refractivity contribution is 8.18. The predicted octanol–water partition coefficient (Wildman–Crippen LogP) is 3.64. The minimum Gasteiger partial charge on any atom is -0.372 e. The van der Waals surface area contributed by atoms with E-state index in [1.807, 2.05) is 13.0 Å². The number of hydrogen-bond acceptors (Lipinski definition) is 5. The summed E-state index contributed by atoms with van der Waals surface area (Å²) in [6.07, 6.45) is 7.50. The van der Waals surface area contributed by atoms with Crippen molar-refractivity contribution in [2.75, 3.05) is 37.6 Å². The Balaban J connectivity index is 1.47. The fourth-order valence-electron chi connectivity index (χ4n) is 4.15. The summed E-state index contributed by atoms with van der Waals surface area (Å²) < 4.78 is 0. The van der Waals surface area contributed by atoms with Gasteiger partial charge >= 0.3 is 0 Å². The van der Waals surface area contributed by atoms with E-state index in [1.54, 1.807) is 11.0 Å². The molecule has 0 radical (unpaired) electrons. The van der Waals surface area contributed by atoms with Gasteiger partial charge in [0.1, 0.15) is 6.54 Å². The van der Waals surface area contributed by atoms with Crippen LogP contribution in [-0.4, -0.2) is 59.6 Å². The van der Waals surface area contributed by atoms with Crippen LogP contribution in [0.2, 0.25) is 0 Å². The normalized spacial score (nSPS) is 21.6. The molecule has 6 nitrogen and oxygen atoms in total. The second kappa shape index (κ2) is 8.61. The van der Waals surface area contributed by atoms with Gasteiger partial charge in [0.2, 0.25) is 5.91 Å². The number of aryl methyl sites for hydroxylation is 1. The highest BCUT2D eigenvalue weighted by atomic mass is 32.2. The maximum Gasteiger partial charge on any atom is 0.294 e. The van der Waals surface area contributed by atoms with Crippen LogP contribution in [0.15, 0.2) is 23.1 Å². The molecule has 4 rings (SSSR count). The van der Waals surface area contributed by atoms with E-state index in [1.165, 1.54) is 24.9 Å². The average Bonchev–Trinajstić information content (AvgIpc) is 3.35. The monoisotopic (exact) mass is 413 g/mol. The predicted molar refractivity (Wildman–Crippen MR) is 116 cm³/mol. The van der Waals surface area contributed by atoms with Crippen molar-refractivity contribution in [1.29, 1.82) is 0 Å². The second-order valence-electron chi connectivity index (χ2n) is 7.94. The van der Waals surface area contributed by atoms with Gasteiger partial charge in [-0.2, -0.15) is 0 Å². The Morgan fingerprint density at radius 2 is 1.72 bits per heavy atom. The molecule has 0 bridgehead atoms. The first-order valence-corrected chi connectivity index (χ1v) is 11.2. The number of hydrogen-bond donors (Lipinski definition) is 0. The van der Waals surface area contributed by atoms with Crippen LogP contribution in [0, 0.1) is 6.92 Å². The SMILES string of the molecule is Cc1cc(N2CCCCC2)ccc1C=C1SC(=O)N(CC(=O)N2CCCC2)C1=O. The van der Waals surface area contributed by atoms with E-state index in [4.69, 9.17) is 0 Å². The largest absolute Gasteiger partial charge is 0.372 e. The molecule has 0 atom stereocenters. The molecule has 154 valence electrons. The van der Waals surface area contributed by atoms with Gasteiger partial charge < -0.3 is 9.80 Å². The fraction of sp³-hybridized carbons (Fsp3) is 0.500. The number of likely N-dealkylation sites (tertiary alicyclic amines) is 1. The Hall–Kier alpha value is -2.28. The smallest absolute Gasteiger partial charge is 0.294 e. The van der Waals surface area contributed by atoms with Gasteiger partial charge in [0.25, 0.3) is 11.1 Å². The molecular weight excluding hydrogens is 386 g/mol. The summed E-state index contributed by atoms with van der Waals surface area (Å²) in [5.41, 5.74) is 3.22. The molecule has 3 amide bonds. The molecule has 0 aromatic heterocycles. The minimum absolute atomic E-state index is 0.145. The highest BCUT2D eigenvalue weighted by Gasteiger charge is 2.37. The number of thioether (sulfide) groups is 1. The van der Waals surface area contributed by atoms with Crippen LogP contribution >= 0.6 is 11.8 Å². The number of imide groups is 1. The first-order chi connectivity index (χ1) is 14.0. The molecule has 0 saturated carbocycles. The van der Waals surface area contributed by atoms with E-state index < -0.39 is 0 Å². The quantitative estimate of drug-likeness (QED) is 0.705. The third kappa shape index (κ3) is 4.34. The van der Waals surface area contributed by atoms with Crippen LogP contribution in [0.4, 0.5) is 10.5 Å². The van der Waals surface area contributed by atoms with Gasteiger partial charge in [-0.1, -0.05) is 6.07 Å². The summed E-state index contributed by atoms with van der Waals surface area (Å²) in [6.45, 7) is 5.47. The summed E-state index contributed by atoms with van der Waals surface area (Å²) in [4.78, 5) is 43.0. The van der Waals surface area contributed by atoms with Crippen LogP contribution in [0.25, 0.3) is 6.08 Å². The van der Waals surface area contributed by atoms with Gasteiger partial charge in [-0.25, -0.2) is 0 Å². The molecule has 0 spiro atoms. The standard InChI is InChI=1S/C22H27N3O3S/c1-16-13-18(23-9-3-2-4-10-23)8-7-17(16)14-19-21(27)25(22(28)29-19)15-20(26)24-11-5-6-12-24/h7-8,13-14H,2-6,9-12,15H2,1H3. The lowest BCUT2D eigenvalue weighted by Gasteiger charge is -2.29. The summed E-state index contributed by atoms with van der Waals surface area (Å²) >= 11 is 0.920. The van der Waals surface area contributed by atoms with Gasteiger partial charge in [-0.3, -0.25) is 19.3 Å². The number of benzene rings is 1. The third-order valence-electron chi connectivity index (χ3n) is 5.89. The first kappa shape index (κ1) is 20.0. The van der Waals surface area contributed by atoms with E-state index in [0.717, 1.165) is 53.7 Å². The number of piperidine rings is 1. The molecule has 3 aliphatic rings. The number of carbonyl (C=O) groups is 3. The Morgan fingerprint density at radius 1 is 1.03 bits per heavy atom. The van der Waals surface area contributed by atoms with Crippen LogP contribution in [0.5, 0.6) is 0 Å². The van der Waals surface area contributed by atoms with Gasteiger partial charge in [0, 0.05) is 31.9 Å². The zero-order valence-corrected chi connectivity index (χ0v) is 17.7. The van der Waals surface area contributed by atoms with E-state index in [9.17, 15) is 14.4 Å². The third-order valence-corrected chi connectivity index (χ3v) is 6.79. The van der Waals surface area contributed by atoms with Gasteiger partial charge in [0.05, 0.1) is 4.91 Å². The van der Waals surface area contributed by atoms with Gasteiger partial charge in [-0.15, -0.1) is 0 Å². The molecular formula is C22H27N3O3S. The lowest BCUT2D eigenvalue weighted by Crippen LogP contribution is -2.40. The number of anilines is 1. The van der Waals surface area contributed by atoms with Crippen LogP contribution < -0.4 is 4.90 Å². The Kier molecular flexibility index (Phi) is 5.94. The summed E-state index contributed by atoms with van der Waals surface area (Å²) in [7, 11) is 0. The lowest BCUT2D eigenvalue weighted by atomic mass is 10.0. The van der Waals surface area contributed by atoms with E-state index in [0.29, 0.717) is 18.0 Å². The molecule has 3 aliphatic heterocycles. The zero-order chi connectivity index (χ0) is 20.4. The van der Waals surface area contributed by atoms with Crippen LogP contribution in [-0.2, 0) is 9.59 Å². The van der Waals surface area contributed by atoms with Crippen molar-refractivity contribution in [3.05, 3.63) is 34.2 Å².